The highest BCUT2D eigenvalue weighted by Gasteiger charge is 2.12. The van der Waals surface area contributed by atoms with E-state index in [0.717, 1.165) is 6.42 Å². The lowest BCUT2D eigenvalue weighted by Crippen LogP contribution is -2.30. The van der Waals surface area contributed by atoms with Crippen LogP contribution in [0.3, 0.4) is 0 Å². The summed E-state index contributed by atoms with van der Waals surface area (Å²) in [4.78, 5) is 0. The van der Waals surface area contributed by atoms with E-state index < -0.39 is 0 Å². The van der Waals surface area contributed by atoms with Gasteiger partial charge >= 0.3 is 0 Å². The fourth-order valence-electron chi connectivity index (χ4n) is 1.55. The number of hydrogen-bond donors (Lipinski definition) is 1. The molecule has 1 nitrogen and oxygen atoms in total. The first-order valence-corrected chi connectivity index (χ1v) is 5.95. The Bertz CT molecular complexity index is 218. The maximum atomic E-state index is 6.10. The first kappa shape index (κ1) is 10.7. The summed E-state index contributed by atoms with van der Waals surface area (Å²) in [6.07, 6.45) is 3.51. The molecule has 0 radical (unpaired) electrons. The molecule has 0 bridgehead atoms. The third kappa shape index (κ3) is 3.49. The summed E-state index contributed by atoms with van der Waals surface area (Å²) >= 11 is 1.75. The summed E-state index contributed by atoms with van der Waals surface area (Å²) in [5.74, 6) is 0.643. The standard InChI is InChI=1S/C11H19NS/c1-3-4-9(2)11(12)7-10-5-6-13-8-10/h5-6,8-9,11H,3-4,7,12H2,1-2H3. The molecule has 0 amide bonds. The van der Waals surface area contributed by atoms with Crippen molar-refractivity contribution in [1.29, 1.82) is 0 Å². The minimum absolute atomic E-state index is 0.328. The Hall–Kier alpha value is -0.340. The highest BCUT2D eigenvalue weighted by molar-refractivity contribution is 7.07. The van der Waals surface area contributed by atoms with Gasteiger partial charge in [0.1, 0.15) is 0 Å². The van der Waals surface area contributed by atoms with Gasteiger partial charge in [-0.3, -0.25) is 0 Å². The van der Waals surface area contributed by atoms with Gasteiger partial charge in [0.25, 0.3) is 0 Å². The van der Waals surface area contributed by atoms with Gasteiger partial charge in [-0.25, -0.2) is 0 Å². The molecule has 0 saturated heterocycles. The molecule has 2 heteroatoms. The van der Waals surface area contributed by atoms with Crippen LogP contribution in [0.4, 0.5) is 0 Å². The van der Waals surface area contributed by atoms with Gasteiger partial charge in [0, 0.05) is 6.04 Å². The molecule has 1 rings (SSSR count). The Balaban J connectivity index is 2.36. The van der Waals surface area contributed by atoms with Crippen LogP contribution in [0.2, 0.25) is 0 Å². The smallest absolute Gasteiger partial charge is 0.0105 e. The molecule has 74 valence electrons. The largest absolute Gasteiger partial charge is 0.327 e. The van der Waals surface area contributed by atoms with Crippen LogP contribution in [0, 0.1) is 5.92 Å². The molecule has 2 unspecified atom stereocenters. The fourth-order valence-corrected chi connectivity index (χ4v) is 2.23. The van der Waals surface area contributed by atoms with Crippen molar-refractivity contribution >= 4 is 11.3 Å². The summed E-state index contributed by atoms with van der Waals surface area (Å²) < 4.78 is 0. The van der Waals surface area contributed by atoms with Gasteiger partial charge in [0.15, 0.2) is 0 Å². The van der Waals surface area contributed by atoms with Crippen LogP contribution in [0.1, 0.15) is 32.3 Å². The second-order valence-electron chi connectivity index (χ2n) is 3.77. The topological polar surface area (TPSA) is 26.0 Å². The number of rotatable bonds is 5. The molecule has 0 saturated carbocycles. The van der Waals surface area contributed by atoms with Crippen LogP contribution in [0.15, 0.2) is 16.8 Å². The lowest BCUT2D eigenvalue weighted by Gasteiger charge is -2.18. The van der Waals surface area contributed by atoms with E-state index in [0.29, 0.717) is 12.0 Å². The molecule has 0 aliphatic carbocycles. The zero-order valence-electron chi connectivity index (χ0n) is 8.49. The normalized spacial score (nSPS) is 15.6. The van der Waals surface area contributed by atoms with Crippen LogP contribution < -0.4 is 5.73 Å². The number of hydrogen-bond acceptors (Lipinski definition) is 2. The molecule has 0 spiro atoms. The Morgan fingerprint density at radius 3 is 2.85 bits per heavy atom. The number of nitrogens with two attached hydrogens (primary N) is 1. The minimum Gasteiger partial charge on any atom is -0.327 e. The van der Waals surface area contributed by atoms with E-state index in [9.17, 15) is 0 Å². The van der Waals surface area contributed by atoms with Gasteiger partial charge in [0.05, 0.1) is 0 Å². The molecular formula is C11H19NS. The molecule has 2 N–H and O–H groups in total. The van der Waals surface area contributed by atoms with Crippen LogP contribution >= 0.6 is 11.3 Å². The van der Waals surface area contributed by atoms with E-state index in [-0.39, 0.29) is 0 Å². The van der Waals surface area contributed by atoms with E-state index in [2.05, 4.69) is 30.7 Å². The van der Waals surface area contributed by atoms with Crippen molar-refractivity contribution in [2.24, 2.45) is 11.7 Å². The second-order valence-corrected chi connectivity index (χ2v) is 4.55. The highest BCUT2D eigenvalue weighted by atomic mass is 32.1. The van der Waals surface area contributed by atoms with E-state index in [1.165, 1.54) is 18.4 Å². The zero-order chi connectivity index (χ0) is 9.68. The van der Waals surface area contributed by atoms with Gasteiger partial charge in [0.2, 0.25) is 0 Å². The van der Waals surface area contributed by atoms with Crippen molar-refractivity contribution in [1.82, 2.24) is 0 Å². The molecule has 2 atom stereocenters. The molecule has 1 aromatic rings. The lowest BCUT2D eigenvalue weighted by molar-refractivity contribution is 0.420. The van der Waals surface area contributed by atoms with Crippen molar-refractivity contribution < 1.29 is 0 Å². The molecule has 1 heterocycles. The van der Waals surface area contributed by atoms with Crippen molar-refractivity contribution in [3.8, 4) is 0 Å². The average Bonchev–Trinajstić information content (AvgIpc) is 2.57. The van der Waals surface area contributed by atoms with Gasteiger partial charge in [-0.05, 0) is 41.1 Å². The van der Waals surface area contributed by atoms with E-state index >= 15 is 0 Å². The van der Waals surface area contributed by atoms with E-state index in [4.69, 9.17) is 5.73 Å². The highest BCUT2D eigenvalue weighted by Crippen LogP contribution is 2.15. The van der Waals surface area contributed by atoms with Crippen LogP contribution in [-0.4, -0.2) is 6.04 Å². The second kappa shape index (κ2) is 5.40. The van der Waals surface area contributed by atoms with Crippen molar-refractivity contribution in [2.75, 3.05) is 0 Å². The maximum absolute atomic E-state index is 6.10. The summed E-state index contributed by atoms with van der Waals surface area (Å²) in [7, 11) is 0. The molecule has 0 aliphatic rings. The molecular weight excluding hydrogens is 178 g/mol. The molecule has 0 aliphatic heterocycles. The Labute approximate surface area is 85.0 Å². The van der Waals surface area contributed by atoms with Crippen molar-refractivity contribution in [2.45, 2.75) is 39.2 Å². The monoisotopic (exact) mass is 197 g/mol. The Kier molecular flexibility index (Phi) is 4.46. The van der Waals surface area contributed by atoms with Crippen LogP contribution in [0.5, 0.6) is 0 Å². The molecule has 0 fully saturated rings. The van der Waals surface area contributed by atoms with Gasteiger partial charge in [-0.15, -0.1) is 0 Å². The predicted octanol–water partition coefficient (Wildman–Crippen LogP) is 3.05. The van der Waals surface area contributed by atoms with Crippen LogP contribution in [0.25, 0.3) is 0 Å². The first-order chi connectivity index (χ1) is 6.24. The Morgan fingerprint density at radius 1 is 1.54 bits per heavy atom. The fraction of sp³-hybridized carbons (Fsp3) is 0.636. The minimum atomic E-state index is 0.328. The SMILES string of the molecule is CCCC(C)C(N)Cc1ccsc1. The quantitative estimate of drug-likeness (QED) is 0.771. The van der Waals surface area contributed by atoms with Crippen molar-refractivity contribution in [3.63, 3.8) is 0 Å². The first-order valence-electron chi connectivity index (χ1n) is 5.00. The van der Waals surface area contributed by atoms with E-state index in [1.54, 1.807) is 11.3 Å². The van der Waals surface area contributed by atoms with Crippen LogP contribution in [-0.2, 0) is 6.42 Å². The summed E-state index contributed by atoms with van der Waals surface area (Å²) in [5.41, 5.74) is 7.49. The van der Waals surface area contributed by atoms with Gasteiger partial charge in [-0.2, -0.15) is 11.3 Å². The van der Waals surface area contributed by atoms with Gasteiger partial charge in [-0.1, -0.05) is 20.3 Å². The maximum Gasteiger partial charge on any atom is 0.0105 e. The summed E-state index contributed by atoms with van der Waals surface area (Å²) in [5, 5.41) is 4.31. The Morgan fingerprint density at radius 2 is 2.31 bits per heavy atom. The number of thiophene rings is 1. The summed E-state index contributed by atoms with van der Waals surface area (Å²) in [6, 6.07) is 2.50. The summed E-state index contributed by atoms with van der Waals surface area (Å²) in [6.45, 7) is 4.47. The predicted molar refractivity (Wildman–Crippen MR) is 60.1 cm³/mol. The molecule has 13 heavy (non-hydrogen) atoms. The van der Waals surface area contributed by atoms with Gasteiger partial charge < -0.3 is 5.73 Å². The molecule has 0 aromatic carbocycles. The lowest BCUT2D eigenvalue weighted by atomic mass is 9.93. The third-order valence-corrected chi connectivity index (χ3v) is 3.26. The molecule has 1 aromatic heterocycles. The zero-order valence-corrected chi connectivity index (χ0v) is 9.31. The van der Waals surface area contributed by atoms with Crippen molar-refractivity contribution in [3.05, 3.63) is 22.4 Å². The average molecular weight is 197 g/mol. The van der Waals surface area contributed by atoms with E-state index in [1.807, 2.05) is 0 Å². The third-order valence-electron chi connectivity index (χ3n) is 2.53.